The number of hydrogen-bond acceptors (Lipinski definition) is 4. The highest BCUT2D eigenvalue weighted by molar-refractivity contribution is 7.26. The van der Waals surface area contributed by atoms with E-state index in [-0.39, 0.29) is 10.8 Å². The molecule has 0 saturated heterocycles. The fourth-order valence-corrected chi connectivity index (χ4v) is 9.57. The average Bonchev–Trinajstić information content (AvgIpc) is 3.72. The second kappa shape index (κ2) is 11.4. The Morgan fingerprint density at radius 2 is 1.12 bits per heavy atom. The first-order valence-corrected chi connectivity index (χ1v) is 19.0. The Hall–Kier alpha value is -5.65. The molecule has 0 unspecified atom stereocenters. The van der Waals surface area contributed by atoms with E-state index >= 15 is 0 Å². The quantitative estimate of drug-likeness (QED) is 0.185. The molecule has 1 aliphatic carbocycles. The maximum atomic E-state index is 5.23. The van der Waals surface area contributed by atoms with Gasteiger partial charge in [0.25, 0.3) is 0 Å². The number of aromatic nitrogens is 4. The van der Waals surface area contributed by atoms with Gasteiger partial charge in [0.05, 0.1) is 11.0 Å². The molecule has 252 valence electrons. The number of thiophene rings is 1. The van der Waals surface area contributed by atoms with Crippen LogP contribution >= 0.6 is 11.3 Å². The third-order valence-corrected chi connectivity index (χ3v) is 12.5. The topological polar surface area (TPSA) is 43.6 Å². The molecule has 3 heterocycles. The molecule has 0 radical (unpaired) electrons. The van der Waals surface area contributed by atoms with Gasteiger partial charge in [-0.15, -0.1) is 11.3 Å². The molecular weight excluding hydrogens is 653 g/mol. The zero-order valence-electron chi connectivity index (χ0n) is 29.8. The summed E-state index contributed by atoms with van der Waals surface area (Å²) < 4.78 is 4.88. The third-order valence-electron chi connectivity index (χ3n) is 11.3. The van der Waals surface area contributed by atoms with Crippen LogP contribution in [0.5, 0.6) is 0 Å². The van der Waals surface area contributed by atoms with E-state index in [1.165, 1.54) is 65.9 Å². The summed E-state index contributed by atoms with van der Waals surface area (Å²) in [6, 6.07) is 47.8. The molecule has 3 aromatic heterocycles. The zero-order valence-corrected chi connectivity index (χ0v) is 30.6. The lowest BCUT2D eigenvalue weighted by molar-refractivity contribution is 0.332. The molecule has 0 amide bonds. The van der Waals surface area contributed by atoms with Crippen molar-refractivity contribution in [3.05, 3.63) is 145 Å². The molecule has 5 heteroatoms. The van der Waals surface area contributed by atoms with Gasteiger partial charge in [-0.2, -0.15) is 0 Å². The van der Waals surface area contributed by atoms with Crippen molar-refractivity contribution in [1.29, 1.82) is 0 Å². The lowest BCUT2D eigenvalue weighted by atomic mass is 9.63. The first kappa shape index (κ1) is 31.1. The van der Waals surface area contributed by atoms with E-state index in [2.05, 4.69) is 148 Å². The number of benzene rings is 6. The van der Waals surface area contributed by atoms with Crippen LogP contribution in [0.4, 0.5) is 0 Å². The Bertz CT molecular complexity index is 2860. The summed E-state index contributed by atoms with van der Waals surface area (Å²) in [5.41, 5.74) is 9.64. The van der Waals surface area contributed by atoms with Gasteiger partial charge in [0.1, 0.15) is 0 Å². The number of rotatable bonds is 4. The van der Waals surface area contributed by atoms with Crippen molar-refractivity contribution in [3.8, 4) is 39.9 Å². The molecular formula is C47H38N4S. The molecule has 10 rings (SSSR count). The highest BCUT2D eigenvalue weighted by Crippen LogP contribution is 2.48. The highest BCUT2D eigenvalue weighted by atomic mass is 32.1. The largest absolute Gasteiger partial charge is 0.309 e. The fraction of sp³-hybridized carbons (Fsp3) is 0.170. The molecule has 0 saturated carbocycles. The van der Waals surface area contributed by atoms with Crippen molar-refractivity contribution >= 4 is 53.3 Å². The molecule has 0 N–H and O–H groups in total. The minimum absolute atomic E-state index is 0.106. The van der Waals surface area contributed by atoms with Gasteiger partial charge in [-0.3, -0.25) is 0 Å². The molecule has 0 bridgehead atoms. The van der Waals surface area contributed by atoms with Gasteiger partial charge >= 0.3 is 0 Å². The number of fused-ring (bicyclic) bond motifs is 7. The van der Waals surface area contributed by atoms with Gasteiger partial charge in [-0.1, -0.05) is 119 Å². The molecule has 0 aliphatic heterocycles. The lowest BCUT2D eigenvalue weighted by Gasteiger charge is -2.42. The van der Waals surface area contributed by atoms with Crippen LogP contribution in [0.2, 0.25) is 0 Å². The first-order chi connectivity index (χ1) is 25.2. The Kier molecular flexibility index (Phi) is 6.84. The van der Waals surface area contributed by atoms with Crippen LogP contribution in [0.25, 0.3) is 81.8 Å². The first-order valence-electron chi connectivity index (χ1n) is 18.2. The summed E-state index contributed by atoms with van der Waals surface area (Å²) in [6.07, 6.45) is 2.37. The Labute approximate surface area is 307 Å². The van der Waals surface area contributed by atoms with Crippen molar-refractivity contribution in [2.24, 2.45) is 0 Å². The molecule has 0 fully saturated rings. The zero-order chi connectivity index (χ0) is 35.2. The minimum Gasteiger partial charge on any atom is -0.309 e. The van der Waals surface area contributed by atoms with E-state index in [1.807, 2.05) is 18.2 Å². The molecule has 52 heavy (non-hydrogen) atoms. The second-order valence-electron chi connectivity index (χ2n) is 15.5. The standard InChI is InChI=1S/C47H38N4S/c1-46(2)24-25-47(3,4)38-28-40-36(27-37(38)46)32-18-8-10-22-39(32)51(40)31-17-12-16-30(26-31)44-48-43(29-14-6-5-7-15-29)49-45(50-44)35-21-13-20-34-33-19-9-11-23-41(33)52-42(34)35/h5-23,26-28H,24-25H2,1-4H3. The SMILES string of the molecule is CC1(C)CCC(C)(C)c2cc3c(cc21)c1ccccc1n3-c1cccc(-c2nc(-c3ccccc3)nc(-c3cccc4c3sc3ccccc34)n2)c1. The van der Waals surface area contributed by atoms with Crippen LogP contribution in [-0.4, -0.2) is 19.5 Å². The van der Waals surface area contributed by atoms with Crippen molar-refractivity contribution in [2.45, 2.75) is 51.4 Å². The number of para-hydroxylation sites is 1. The Morgan fingerprint density at radius 1 is 0.500 bits per heavy atom. The molecule has 0 spiro atoms. The van der Waals surface area contributed by atoms with Crippen LogP contribution in [0.15, 0.2) is 133 Å². The predicted octanol–water partition coefficient (Wildman–Crippen LogP) is 12.7. The average molecular weight is 691 g/mol. The molecule has 0 atom stereocenters. The molecule has 9 aromatic rings. The van der Waals surface area contributed by atoms with Crippen LogP contribution in [0.3, 0.4) is 0 Å². The van der Waals surface area contributed by atoms with Crippen LogP contribution in [-0.2, 0) is 10.8 Å². The van der Waals surface area contributed by atoms with Gasteiger partial charge in [0.2, 0.25) is 0 Å². The summed E-state index contributed by atoms with van der Waals surface area (Å²) in [7, 11) is 0. The van der Waals surface area contributed by atoms with Crippen LogP contribution < -0.4 is 0 Å². The van der Waals surface area contributed by atoms with Crippen molar-refractivity contribution in [2.75, 3.05) is 0 Å². The summed E-state index contributed by atoms with van der Waals surface area (Å²) in [4.78, 5) is 15.5. The van der Waals surface area contributed by atoms with Gasteiger partial charge in [-0.05, 0) is 77.3 Å². The molecule has 1 aliphatic rings. The van der Waals surface area contributed by atoms with E-state index in [9.17, 15) is 0 Å². The van der Waals surface area contributed by atoms with E-state index in [1.54, 1.807) is 11.3 Å². The summed E-state index contributed by atoms with van der Waals surface area (Å²) in [5.74, 6) is 2.00. The van der Waals surface area contributed by atoms with Crippen LogP contribution in [0.1, 0.15) is 51.7 Å². The summed E-state index contributed by atoms with van der Waals surface area (Å²) >= 11 is 1.79. The van der Waals surface area contributed by atoms with Gasteiger partial charge < -0.3 is 4.57 Å². The van der Waals surface area contributed by atoms with Gasteiger partial charge in [-0.25, -0.2) is 15.0 Å². The van der Waals surface area contributed by atoms with Gasteiger partial charge in [0.15, 0.2) is 17.5 Å². The van der Waals surface area contributed by atoms with Crippen LogP contribution in [0, 0.1) is 0 Å². The number of hydrogen-bond donors (Lipinski definition) is 0. The Morgan fingerprint density at radius 3 is 1.92 bits per heavy atom. The van der Waals surface area contributed by atoms with E-state index in [4.69, 9.17) is 15.0 Å². The van der Waals surface area contributed by atoms with Gasteiger partial charge in [0, 0.05) is 53.3 Å². The fourth-order valence-electron chi connectivity index (χ4n) is 8.36. The third kappa shape index (κ3) is 4.83. The summed E-state index contributed by atoms with van der Waals surface area (Å²) in [6.45, 7) is 9.62. The monoisotopic (exact) mass is 690 g/mol. The smallest absolute Gasteiger partial charge is 0.165 e. The summed E-state index contributed by atoms with van der Waals surface area (Å²) in [5, 5.41) is 5.06. The van der Waals surface area contributed by atoms with Crippen molar-refractivity contribution in [3.63, 3.8) is 0 Å². The van der Waals surface area contributed by atoms with E-state index in [0.29, 0.717) is 17.5 Å². The second-order valence-corrected chi connectivity index (χ2v) is 16.6. The number of nitrogens with zero attached hydrogens (tertiary/aromatic N) is 4. The van der Waals surface area contributed by atoms with Crippen molar-refractivity contribution < 1.29 is 0 Å². The van der Waals surface area contributed by atoms with E-state index < -0.39 is 0 Å². The molecule has 6 aromatic carbocycles. The highest BCUT2D eigenvalue weighted by Gasteiger charge is 2.38. The van der Waals surface area contributed by atoms with Crippen molar-refractivity contribution in [1.82, 2.24) is 19.5 Å². The minimum atomic E-state index is 0.106. The molecule has 4 nitrogen and oxygen atoms in total. The Balaban J connectivity index is 1.19. The maximum absolute atomic E-state index is 5.23. The maximum Gasteiger partial charge on any atom is 0.165 e. The predicted molar refractivity (Wildman–Crippen MR) is 219 cm³/mol. The van der Waals surface area contributed by atoms with E-state index in [0.717, 1.165) is 22.4 Å². The normalized spacial score (nSPS) is 15.1. The lowest BCUT2D eigenvalue weighted by Crippen LogP contribution is -2.33.